The topological polar surface area (TPSA) is 87.7 Å². The molecule has 0 heterocycles. The van der Waals surface area contributed by atoms with E-state index in [9.17, 15) is 14.4 Å². The van der Waals surface area contributed by atoms with E-state index < -0.39 is 23.8 Å². The monoisotopic (exact) mass is 537 g/mol. The van der Waals surface area contributed by atoms with Gasteiger partial charge in [0.2, 0.25) is 11.8 Å². The van der Waals surface area contributed by atoms with Crippen LogP contribution in [-0.2, 0) is 20.9 Å². The smallest absolute Gasteiger partial charge is 0.408 e. The number of amides is 3. The summed E-state index contributed by atoms with van der Waals surface area (Å²) in [5.41, 5.74) is 3.06. The maximum absolute atomic E-state index is 14.3. The highest BCUT2D eigenvalue weighted by Gasteiger charge is 2.38. The molecule has 0 aliphatic carbocycles. The van der Waals surface area contributed by atoms with Crippen LogP contribution >= 0.6 is 0 Å². The van der Waals surface area contributed by atoms with Gasteiger partial charge in [0.25, 0.3) is 0 Å². The van der Waals surface area contributed by atoms with E-state index in [4.69, 9.17) is 4.74 Å². The summed E-state index contributed by atoms with van der Waals surface area (Å²) < 4.78 is 5.49. The number of nitrogens with zero attached hydrogens (tertiary/aromatic N) is 1. The van der Waals surface area contributed by atoms with Crippen LogP contribution in [0.5, 0.6) is 0 Å². The van der Waals surface area contributed by atoms with Gasteiger partial charge in [-0.15, -0.1) is 0 Å². The van der Waals surface area contributed by atoms with Crippen LogP contribution in [0, 0.1) is 19.8 Å². The predicted octanol–water partition coefficient (Wildman–Crippen LogP) is 6.23. The Morgan fingerprint density at radius 1 is 1.00 bits per heavy atom. The van der Waals surface area contributed by atoms with Gasteiger partial charge in [-0.25, -0.2) is 4.79 Å². The third-order valence-electron chi connectivity index (χ3n) is 6.78. The van der Waals surface area contributed by atoms with E-state index >= 15 is 0 Å². The van der Waals surface area contributed by atoms with Crippen LogP contribution in [0.25, 0.3) is 0 Å². The Balaban J connectivity index is 2.52. The summed E-state index contributed by atoms with van der Waals surface area (Å²) in [5, 5.41) is 5.88. The lowest BCUT2D eigenvalue weighted by molar-refractivity contribution is -0.143. The number of hydrogen-bond donors (Lipinski definition) is 2. The lowest BCUT2D eigenvalue weighted by Crippen LogP contribution is -2.55. The van der Waals surface area contributed by atoms with Gasteiger partial charge in [-0.2, -0.15) is 0 Å². The molecule has 3 unspecified atom stereocenters. The minimum absolute atomic E-state index is 0.165. The van der Waals surface area contributed by atoms with Crippen molar-refractivity contribution < 1.29 is 19.1 Å². The summed E-state index contributed by atoms with van der Waals surface area (Å²) in [7, 11) is 0. The van der Waals surface area contributed by atoms with Gasteiger partial charge < -0.3 is 20.3 Å². The van der Waals surface area contributed by atoms with Gasteiger partial charge in [0.05, 0.1) is 0 Å². The number of unbranched alkanes of at least 4 members (excludes halogenated alkanes) is 1. The van der Waals surface area contributed by atoms with E-state index in [1.807, 2.05) is 76.2 Å². The van der Waals surface area contributed by atoms with Crippen molar-refractivity contribution in [2.45, 2.75) is 98.9 Å². The average Bonchev–Trinajstić information content (AvgIpc) is 2.87. The second-order valence-electron chi connectivity index (χ2n) is 11.4. The van der Waals surface area contributed by atoms with Gasteiger partial charge in [0.15, 0.2) is 0 Å². The third kappa shape index (κ3) is 9.72. The maximum Gasteiger partial charge on any atom is 0.408 e. The van der Waals surface area contributed by atoms with Crippen molar-refractivity contribution in [3.8, 4) is 0 Å². The molecule has 0 aliphatic heterocycles. The highest BCUT2D eigenvalue weighted by Crippen LogP contribution is 2.28. The van der Waals surface area contributed by atoms with Gasteiger partial charge in [0, 0.05) is 13.1 Å². The number of benzene rings is 2. The molecule has 39 heavy (non-hydrogen) atoms. The van der Waals surface area contributed by atoms with Crippen LogP contribution in [0.1, 0.15) is 89.1 Å². The minimum Gasteiger partial charge on any atom is -0.444 e. The average molecular weight is 538 g/mol. The highest BCUT2D eigenvalue weighted by atomic mass is 16.6. The van der Waals surface area contributed by atoms with Crippen LogP contribution < -0.4 is 10.6 Å². The van der Waals surface area contributed by atoms with Gasteiger partial charge in [-0.3, -0.25) is 9.59 Å². The lowest BCUT2D eigenvalue weighted by atomic mass is 9.93. The van der Waals surface area contributed by atoms with Crippen LogP contribution in [0.2, 0.25) is 0 Å². The second-order valence-corrected chi connectivity index (χ2v) is 11.4. The molecule has 0 saturated heterocycles. The number of ether oxygens (including phenoxy) is 1. The summed E-state index contributed by atoms with van der Waals surface area (Å²) in [5.74, 6) is -0.708. The summed E-state index contributed by atoms with van der Waals surface area (Å²) in [4.78, 5) is 42.6. The molecule has 2 aromatic rings. The highest BCUT2D eigenvalue weighted by molar-refractivity contribution is 5.92. The SMILES string of the molecule is CCCCN(C(=O)C(NC(=O)OC(C)(C)C)C(C)CC)C(C(=O)NCc1ccccc1)c1ccc(C)cc1C. The summed E-state index contributed by atoms with van der Waals surface area (Å²) in [6.45, 7) is 16.0. The number of carbonyl (C=O) groups is 3. The Bertz CT molecular complexity index is 1090. The zero-order valence-electron chi connectivity index (χ0n) is 25.0. The number of alkyl carbamates (subject to hydrolysis) is 1. The number of hydrogen-bond acceptors (Lipinski definition) is 4. The molecule has 2 rings (SSSR count). The fourth-order valence-electron chi connectivity index (χ4n) is 4.46. The van der Waals surface area contributed by atoms with E-state index in [-0.39, 0.29) is 17.7 Å². The van der Waals surface area contributed by atoms with Crippen molar-refractivity contribution in [1.82, 2.24) is 15.5 Å². The Morgan fingerprint density at radius 2 is 1.67 bits per heavy atom. The van der Waals surface area contributed by atoms with E-state index in [1.165, 1.54) is 0 Å². The van der Waals surface area contributed by atoms with Crippen molar-refractivity contribution in [2.24, 2.45) is 5.92 Å². The quantitative estimate of drug-likeness (QED) is 0.336. The van der Waals surface area contributed by atoms with Crippen LogP contribution in [-0.4, -0.2) is 41.0 Å². The molecule has 214 valence electrons. The van der Waals surface area contributed by atoms with Crippen LogP contribution in [0.15, 0.2) is 48.5 Å². The van der Waals surface area contributed by atoms with Crippen molar-refractivity contribution in [2.75, 3.05) is 6.54 Å². The number of carbonyl (C=O) groups excluding carboxylic acids is 3. The Kier molecular flexibility index (Phi) is 12.0. The summed E-state index contributed by atoms with van der Waals surface area (Å²) in [6.07, 6.45) is 1.59. The number of rotatable bonds is 12. The molecular weight excluding hydrogens is 490 g/mol. The molecule has 0 aromatic heterocycles. The zero-order chi connectivity index (χ0) is 29.2. The zero-order valence-corrected chi connectivity index (χ0v) is 25.0. The van der Waals surface area contributed by atoms with E-state index in [1.54, 1.807) is 25.7 Å². The maximum atomic E-state index is 14.3. The molecular formula is C32H47N3O4. The normalized spacial score (nSPS) is 13.6. The van der Waals surface area contributed by atoms with Crippen molar-refractivity contribution in [3.63, 3.8) is 0 Å². The summed E-state index contributed by atoms with van der Waals surface area (Å²) >= 11 is 0. The first-order valence-corrected chi connectivity index (χ1v) is 14.1. The standard InChI is InChI=1S/C32H47N3O4/c1-9-11-19-35(30(37)27(23(4)10-2)34-31(38)39-32(6,7)8)28(26-18-17-22(3)20-24(26)5)29(36)33-21-25-15-13-12-14-16-25/h12-18,20,23,27-28H,9-11,19,21H2,1-8H3,(H,33,36)(H,34,38). The van der Waals surface area contributed by atoms with E-state index in [0.717, 1.165) is 35.1 Å². The Morgan fingerprint density at radius 3 is 2.23 bits per heavy atom. The molecule has 0 saturated carbocycles. The summed E-state index contributed by atoms with van der Waals surface area (Å²) in [6, 6.07) is 13.9. The molecule has 3 amide bonds. The molecule has 0 radical (unpaired) electrons. The second kappa shape index (κ2) is 14.7. The van der Waals surface area contributed by atoms with Crippen LogP contribution in [0.4, 0.5) is 4.79 Å². The molecule has 0 aliphatic rings. The lowest BCUT2D eigenvalue weighted by Gasteiger charge is -2.36. The fourth-order valence-corrected chi connectivity index (χ4v) is 4.46. The predicted molar refractivity (Wildman–Crippen MR) is 156 cm³/mol. The largest absolute Gasteiger partial charge is 0.444 e. The first-order valence-electron chi connectivity index (χ1n) is 14.1. The minimum atomic E-state index is -0.847. The van der Waals surface area contributed by atoms with Crippen molar-refractivity contribution >= 4 is 17.9 Å². The molecule has 0 spiro atoms. The molecule has 0 bridgehead atoms. The Labute approximate surface area is 234 Å². The van der Waals surface area contributed by atoms with Crippen molar-refractivity contribution in [1.29, 1.82) is 0 Å². The first-order chi connectivity index (χ1) is 18.4. The molecule has 0 fully saturated rings. The van der Waals surface area contributed by atoms with Gasteiger partial charge in [-0.1, -0.05) is 87.7 Å². The van der Waals surface area contributed by atoms with Gasteiger partial charge in [-0.05, 0) is 63.6 Å². The molecule has 2 aromatic carbocycles. The van der Waals surface area contributed by atoms with Gasteiger partial charge >= 0.3 is 6.09 Å². The van der Waals surface area contributed by atoms with Crippen molar-refractivity contribution in [3.05, 3.63) is 70.8 Å². The van der Waals surface area contributed by atoms with E-state index in [0.29, 0.717) is 19.5 Å². The number of nitrogens with one attached hydrogen (secondary N) is 2. The molecule has 7 heteroatoms. The van der Waals surface area contributed by atoms with Crippen LogP contribution in [0.3, 0.4) is 0 Å². The molecule has 2 N–H and O–H groups in total. The first kappa shape index (κ1) is 31.9. The Hall–Kier alpha value is -3.35. The molecule has 3 atom stereocenters. The van der Waals surface area contributed by atoms with E-state index in [2.05, 4.69) is 17.6 Å². The molecule has 7 nitrogen and oxygen atoms in total. The third-order valence-corrected chi connectivity index (χ3v) is 6.78. The fraction of sp³-hybridized carbons (Fsp3) is 0.531. The number of aryl methyl sites for hydroxylation is 2. The van der Waals surface area contributed by atoms with Gasteiger partial charge in [0.1, 0.15) is 17.7 Å².